The van der Waals surface area contributed by atoms with Crippen molar-refractivity contribution in [1.29, 1.82) is 0 Å². The highest BCUT2D eigenvalue weighted by atomic mass is 15.2. The summed E-state index contributed by atoms with van der Waals surface area (Å²) in [6.45, 7) is 1.91. The first-order valence-electron chi connectivity index (χ1n) is 6.68. The monoisotopic (exact) mass is 257 g/mol. The van der Waals surface area contributed by atoms with Crippen LogP contribution in [0.1, 0.15) is 12.8 Å². The van der Waals surface area contributed by atoms with Gasteiger partial charge in [-0.2, -0.15) is 0 Å². The van der Waals surface area contributed by atoms with Crippen LogP contribution < -0.4 is 11.1 Å². The molecule has 1 fully saturated rings. The Morgan fingerprint density at radius 3 is 3.00 bits per heavy atom. The molecule has 100 valence electrons. The lowest BCUT2D eigenvalue weighted by molar-refractivity contribution is 0.337. The quantitative estimate of drug-likeness (QED) is 0.798. The first-order chi connectivity index (χ1) is 9.24. The highest BCUT2D eigenvalue weighted by Gasteiger charge is 2.25. The van der Waals surface area contributed by atoms with E-state index in [-0.39, 0.29) is 0 Å². The Morgan fingerprint density at radius 1 is 1.37 bits per heavy atom. The van der Waals surface area contributed by atoms with E-state index in [1.165, 1.54) is 12.8 Å². The molecule has 5 heteroatoms. The number of nitrogens with two attached hydrogens (primary N) is 1. The molecule has 0 amide bonds. The Balaban J connectivity index is 1.71. The lowest BCUT2D eigenvalue weighted by atomic mass is 10.2. The van der Waals surface area contributed by atoms with Gasteiger partial charge in [-0.05, 0) is 38.1 Å². The average molecular weight is 257 g/mol. The lowest BCUT2D eigenvalue weighted by Gasteiger charge is -2.16. The van der Waals surface area contributed by atoms with Gasteiger partial charge in [0.25, 0.3) is 0 Å². The Kier molecular flexibility index (Phi) is 3.21. The molecular formula is C14H19N5. The number of benzene rings is 1. The van der Waals surface area contributed by atoms with Crippen molar-refractivity contribution in [1.82, 2.24) is 14.9 Å². The summed E-state index contributed by atoms with van der Waals surface area (Å²) in [4.78, 5) is 10.9. The number of nitrogens with zero attached hydrogens (tertiary/aromatic N) is 3. The summed E-state index contributed by atoms with van der Waals surface area (Å²) in [5.41, 5.74) is 7.48. The van der Waals surface area contributed by atoms with Gasteiger partial charge in [-0.15, -0.1) is 0 Å². The third-order valence-electron chi connectivity index (χ3n) is 3.59. The molecule has 3 rings (SSSR count). The van der Waals surface area contributed by atoms with Gasteiger partial charge >= 0.3 is 0 Å². The Labute approximate surface area is 112 Å². The number of anilines is 2. The molecule has 0 bridgehead atoms. The average Bonchev–Trinajstić information content (AvgIpc) is 3.23. The number of aromatic nitrogens is 2. The van der Waals surface area contributed by atoms with Crippen molar-refractivity contribution >= 4 is 22.4 Å². The number of nitrogens with one attached hydrogen (secondary N) is 1. The zero-order chi connectivity index (χ0) is 13.2. The highest BCUT2D eigenvalue weighted by molar-refractivity contribution is 5.91. The van der Waals surface area contributed by atoms with Crippen LogP contribution in [0.3, 0.4) is 0 Å². The minimum atomic E-state index is 0.737. The van der Waals surface area contributed by atoms with Gasteiger partial charge in [0, 0.05) is 30.2 Å². The minimum absolute atomic E-state index is 0.737. The molecule has 0 unspecified atom stereocenters. The zero-order valence-corrected chi connectivity index (χ0v) is 11.1. The molecule has 1 aliphatic carbocycles. The van der Waals surface area contributed by atoms with E-state index >= 15 is 0 Å². The topological polar surface area (TPSA) is 67.1 Å². The predicted molar refractivity (Wildman–Crippen MR) is 78.1 cm³/mol. The second-order valence-corrected chi connectivity index (χ2v) is 5.14. The molecule has 0 saturated heterocycles. The standard InChI is InChI=1S/C14H19N5/c1-19(11-3-4-11)7-6-16-14-12-8-10(15)2-5-13(12)17-9-18-14/h2,5,8-9,11H,3-4,6-7,15H2,1H3,(H,16,17,18). The van der Waals surface area contributed by atoms with Crippen molar-refractivity contribution in [2.45, 2.75) is 18.9 Å². The minimum Gasteiger partial charge on any atom is -0.399 e. The number of hydrogen-bond donors (Lipinski definition) is 2. The second-order valence-electron chi connectivity index (χ2n) is 5.14. The van der Waals surface area contributed by atoms with Gasteiger partial charge in [0.05, 0.1) is 5.52 Å². The molecule has 1 saturated carbocycles. The van der Waals surface area contributed by atoms with Crippen LogP contribution in [0.4, 0.5) is 11.5 Å². The summed E-state index contributed by atoms with van der Waals surface area (Å²) in [7, 11) is 2.18. The maximum Gasteiger partial charge on any atom is 0.137 e. The first kappa shape index (κ1) is 12.2. The largest absolute Gasteiger partial charge is 0.399 e. The van der Waals surface area contributed by atoms with Gasteiger partial charge in [-0.25, -0.2) is 9.97 Å². The number of rotatable bonds is 5. The molecule has 2 aromatic rings. The molecule has 1 aliphatic rings. The fourth-order valence-electron chi connectivity index (χ4n) is 2.26. The fourth-order valence-corrected chi connectivity index (χ4v) is 2.26. The SMILES string of the molecule is CN(CCNc1ncnc2ccc(N)cc12)C1CC1. The summed E-state index contributed by atoms with van der Waals surface area (Å²) in [5, 5.41) is 4.36. The van der Waals surface area contributed by atoms with Gasteiger partial charge in [0.2, 0.25) is 0 Å². The van der Waals surface area contributed by atoms with E-state index in [1.54, 1.807) is 6.33 Å². The maximum atomic E-state index is 5.83. The van der Waals surface area contributed by atoms with E-state index in [4.69, 9.17) is 5.73 Å². The molecular weight excluding hydrogens is 238 g/mol. The molecule has 3 N–H and O–H groups in total. The van der Waals surface area contributed by atoms with Crippen LogP contribution in [-0.2, 0) is 0 Å². The van der Waals surface area contributed by atoms with E-state index in [0.29, 0.717) is 0 Å². The van der Waals surface area contributed by atoms with Gasteiger partial charge in [0.1, 0.15) is 12.1 Å². The molecule has 5 nitrogen and oxygen atoms in total. The predicted octanol–water partition coefficient (Wildman–Crippen LogP) is 1.72. The number of hydrogen-bond acceptors (Lipinski definition) is 5. The van der Waals surface area contributed by atoms with Crippen LogP contribution in [0.2, 0.25) is 0 Å². The highest BCUT2D eigenvalue weighted by Crippen LogP contribution is 2.25. The molecule has 1 heterocycles. The lowest BCUT2D eigenvalue weighted by Crippen LogP contribution is -2.27. The van der Waals surface area contributed by atoms with Crippen molar-refractivity contribution < 1.29 is 0 Å². The molecule has 0 radical (unpaired) electrons. The zero-order valence-electron chi connectivity index (χ0n) is 11.1. The van der Waals surface area contributed by atoms with Crippen LogP contribution in [0.25, 0.3) is 10.9 Å². The van der Waals surface area contributed by atoms with Crippen molar-refractivity contribution in [3.63, 3.8) is 0 Å². The molecule has 1 aromatic carbocycles. The Morgan fingerprint density at radius 2 is 2.21 bits per heavy atom. The van der Waals surface area contributed by atoms with E-state index in [9.17, 15) is 0 Å². The van der Waals surface area contributed by atoms with Crippen LogP contribution in [0.5, 0.6) is 0 Å². The number of likely N-dealkylation sites (N-methyl/N-ethyl adjacent to an activating group) is 1. The summed E-state index contributed by atoms with van der Waals surface area (Å²) < 4.78 is 0. The van der Waals surface area contributed by atoms with Crippen molar-refractivity contribution in [3.05, 3.63) is 24.5 Å². The van der Waals surface area contributed by atoms with Gasteiger partial charge in [-0.3, -0.25) is 0 Å². The van der Waals surface area contributed by atoms with E-state index in [2.05, 4.69) is 27.2 Å². The van der Waals surface area contributed by atoms with Crippen LogP contribution in [0, 0.1) is 0 Å². The third kappa shape index (κ3) is 2.76. The second kappa shape index (κ2) is 5.01. The summed E-state index contributed by atoms with van der Waals surface area (Å²) >= 11 is 0. The first-order valence-corrected chi connectivity index (χ1v) is 6.68. The van der Waals surface area contributed by atoms with Crippen LogP contribution in [0.15, 0.2) is 24.5 Å². The van der Waals surface area contributed by atoms with Crippen molar-refractivity contribution in [3.8, 4) is 0 Å². The van der Waals surface area contributed by atoms with Crippen molar-refractivity contribution in [2.24, 2.45) is 0 Å². The van der Waals surface area contributed by atoms with Gasteiger partial charge in [0.15, 0.2) is 0 Å². The van der Waals surface area contributed by atoms with E-state index in [0.717, 1.165) is 41.5 Å². The third-order valence-corrected chi connectivity index (χ3v) is 3.59. The maximum absolute atomic E-state index is 5.83. The molecule has 0 aliphatic heterocycles. The molecule has 0 atom stereocenters. The fraction of sp³-hybridized carbons (Fsp3) is 0.429. The van der Waals surface area contributed by atoms with Gasteiger partial charge in [-0.1, -0.05) is 0 Å². The Bertz CT molecular complexity index is 579. The summed E-state index contributed by atoms with van der Waals surface area (Å²) in [6.07, 6.45) is 4.26. The van der Waals surface area contributed by atoms with Gasteiger partial charge < -0.3 is 16.0 Å². The van der Waals surface area contributed by atoms with Crippen LogP contribution in [-0.4, -0.2) is 41.0 Å². The normalized spacial score (nSPS) is 15.1. The van der Waals surface area contributed by atoms with Crippen molar-refractivity contribution in [2.75, 3.05) is 31.2 Å². The molecule has 19 heavy (non-hydrogen) atoms. The number of nitrogen functional groups attached to an aromatic ring is 1. The van der Waals surface area contributed by atoms with E-state index < -0.39 is 0 Å². The number of fused-ring (bicyclic) bond motifs is 1. The smallest absolute Gasteiger partial charge is 0.137 e. The summed E-state index contributed by atoms with van der Waals surface area (Å²) in [6, 6.07) is 6.50. The van der Waals surface area contributed by atoms with E-state index in [1.807, 2.05) is 18.2 Å². The summed E-state index contributed by atoms with van der Waals surface area (Å²) in [5.74, 6) is 0.862. The molecule has 1 aromatic heterocycles. The molecule has 0 spiro atoms. The van der Waals surface area contributed by atoms with Crippen LogP contribution >= 0.6 is 0 Å². The Hall–Kier alpha value is -1.88.